The molecule has 0 unspecified atom stereocenters. The number of carbonyl (C=O) groups excluding carboxylic acids is 1. The Balaban J connectivity index is 1.58. The van der Waals surface area contributed by atoms with Gasteiger partial charge in [-0.05, 0) is 54.3 Å². The largest absolute Gasteiger partial charge is 0.494 e. The number of carbonyl (C=O) groups is 1. The molecule has 0 spiro atoms. The second kappa shape index (κ2) is 11.9. The summed E-state index contributed by atoms with van der Waals surface area (Å²) >= 11 is 0. The Labute approximate surface area is 202 Å². The molecule has 0 aliphatic carbocycles. The maximum Gasteiger partial charge on any atom is 0.254 e. The maximum absolute atomic E-state index is 13.5. The Kier molecular flexibility index (Phi) is 8.13. The van der Waals surface area contributed by atoms with Gasteiger partial charge in [0.05, 0.1) is 6.61 Å². The van der Waals surface area contributed by atoms with Crippen LogP contribution in [0.15, 0.2) is 115 Å². The third-order valence-electron chi connectivity index (χ3n) is 6.01. The van der Waals surface area contributed by atoms with Crippen LogP contribution >= 0.6 is 0 Å². The lowest BCUT2D eigenvalue weighted by Gasteiger charge is -2.26. The van der Waals surface area contributed by atoms with Crippen LogP contribution in [0.2, 0.25) is 0 Å². The summed E-state index contributed by atoms with van der Waals surface area (Å²) < 4.78 is 5.58. The summed E-state index contributed by atoms with van der Waals surface area (Å²) in [6, 6.07) is 38.7. The van der Waals surface area contributed by atoms with Gasteiger partial charge in [0.2, 0.25) is 0 Å². The van der Waals surface area contributed by atoms with E-state index in [4.69, 9.17) is 4.74 Å². The molecular weight excluding hydrogens is 418 g/mol. The molecule has 0 N–H and O–H groups in total. The molecule has 172 valence electrons. The van der Waals surface area contributed by atoms with Crippen LogP contribution in [0.1, 0.15) is 46.3 Å². The lowest BCUT2D eigenvalue weighted by atomic mass is 9.88. The van der Waals surface area contributed by atoms with Crippen molar-refractivity contribution in [1.82, 2.24) is 4.90 Å². The van der Waals surface area contributed by atoms with Crippen LogP contribution < -0.4 is 4.74 Å². The third kappa shape index (κ3) is 6.14. The highest BCUT2D eigenvalue weighted by Crippen LogP contribution is 2.29. The molecule has 4 aromatic rings. The summed E-state index contributed by atoms with van der Waals surface area (Å²) in [6.07, 6.45) is 0.837. The monoisotopic (exact) mass is 449 g/mol. The zero-order valence-electron chi connectivity index (χ0n) is 19.6. The molecular formula is C31H31NO2. The van der Waals surface area contributed by atoms with Crippen molar-refractivity contribution in [3.8, 4) is 5.75 Å². The number of benzene rings is 4. The van der Waals surface area contributed by atoms with Crippen molar-refractivity contribution in [3.05, 3.63) is 138 Å². The molecule has 1 amide bonds. The van der Waals surface area contributed by atoms with Crippen LogP contribution in [0.4, 0.5) is 0 Å². The first-order valence-electron chi connectivity index (χ1n) is 11.9. The van der Waals surface area contributed by atoms with Crippen LogP contribution in [-0.4, -0.2) is 24.0 Å². The molecule has 0 saturated carbocycles. The minimum Gasteiger partial charge on any atom is -0.494 e. The first-order chi connectivity index (χ1) is 16.7. The van der Waals surface area contributed by atoms with E-state index in [0.717, 1.165) is 17.7 Å². The second-order valence-electron chi connectivity index (χ2n) is 8.33. The van der Waals surface area contributed by atoms with E-state index in [9.17, 15) is 4.79 Å². The van der Waals surface area contributed by atoms with Gasteiger partial charge in [0, 0.05) is 24.6 Å². The second-order valence-corrected chi connectivity index (χ2v) is 8.33. The zero-order valence-corrected chi connectivity index (χ0v) is 19.6. The average Bonchev–Trinajstić information content (AvgIpc) is 2.90. The highest BCUT2D eigenvalue weighted by atomic mass is 16.5. The Morgan fingerprint density at radius 1 is 0.735 bits per heavy atom. The highest BCUT2D eigenvalue weighted by Gasteiger charge is 2.20. The fourth-order valence-corrected chi connectivity index (χ4v) is 4.28. The number of amides is 1. The summed E-state index contributed by atoms with van der Waals surface area (Å²) in [6.45, 7) is 3.81. The average molecular weight is 450 g/mol. The minimum absolute atomic E-state index is 0.0503. The lowest BCUT2D eigenvalue weighted by Crippen LogP contribution is -2.32. The van der Waals surface area contributed by atoms with Gasteiger partial charge in [0.25, 0.3) is 5.91 Å². The molecule has 3 heteroatoms. The molecule has 4 rings (SSSR count). The molecule has 3 nitrogen and oxygen atoms in total. The fourth-order valence-electron chi connectivity index (χ4n) is 4.28. The van der Waals surface area contributed by atoms with E-state index in [1.165, 1.54) is 11.1 Å². The number of nitrogens with zero attached hydrogens (tertiary/aromatic N) is 1. The van der Waals surface area contributed by atoms with Crippen molar-refractivity contribution >= 4 is 5.91 Å². The minimum atomic E-state index is 0.0503. The van der Waals surface area contributed by atoms with E-state index in [1.54, 1.807) is 0 Å². The molecule has 0 aliphatic rings. The third-order valence-corrected chi connectivity index (χ3v) is 6.01. The molecule has 0 radical (unpaired) electrons. The van der Waals surface area contributed by atoms with Crippen molar-refractivity contribution in [2.45, 2.75) is 25.8 Å². The molecule has 0 aliphatic heterocycles. The quantitative estimate of drug-likeness (QED) is 0.262. The Morgan fingerprint density at radius 3 is 1.79 bits per heavy atom. The van der Waals surface area contributed by atoms with Gasteiger partial charge < -0.3 is 9.64 Å². The van der Waals surface area contributed by atoms with Crippen molar-refractivity contribution in [2.75, 3.05) is 13.2 Å². The summed E-state index contributed by atoms with van der Waals surface area (Å²) in [7, 11) is 0. The van der Waals surface area contributed by atoms with Crippen LogP contribution in [0.5, 0.6) is 5.75 Å². The van der Waals surface area contributed by atoms with Gasteiger partial charge in [-0.3, -0.25) is 4.79 Å². The van der Waals surface area contributed by atoms with E-state index in [2.05, 4.69) is 48.5 Å². The maximum atomic E-state index is 13.5. The van der Waals surface area contributed by atoms with Crippen molar-refractivity contribution in [1.29, 1.82) is 0 Å². The predicted molar refractivity (Wildman–Crippen MR) is 138 cm³/mol. The van der Waals surface area contributed by atoms with E-state index in [0.29, 0.717) is 25.3 Å². The summed E-state index contributed by atoms with van der Waals surface area (Å²) in [5.74, 6) is 1.11. The molecule has 4 aromatic carbocycles. The van der Waals surface area contributed by atoms with E-state index < -0.39 is 0 Å². The number of hydrogen-bond donors (Lipinski definition) is 0. The molecule has 0 aromatic heterocycles. The zero-order chi connectivity index (χ0) is 23.6. The van der Waals surface area contributed by atoms with Crippen LogP contribution in [-0.2, 0) is 6.54 Å². The Morgan fingerprint density at radius 2 is 1.26 bits per heavy atom. The normalized spacial score (nSPS) is 10.8. The Bertz CT molecular complexity index is 1100. The van der Waals surface area contributed by atoms with E-state index in [1.807, 2.05) is 78.6 Å². The van der Waals surface area contributed by atoms with E-state index >= 15 is 0 Å². The van der Waals surface area contributed by atoms with Crippen LogP contribution in [0.3, 0.4) is 0 Å². The number of rotatable bonds is 10. The number of hydrogen-bond acceptors (Lipinski definition) is 2. The van der Waals surface area contributed by atoms with Crippen molar-refractivity contribution < 1.29 is 9.53 Å². The van der Waals surface area contributed by atoms with Gasteiger partial charge in [-0.2, -0.15) is 0 Å². The molecule has 34 heavy (non-hydrogen) atoms. The fraction of sp³-hybridized carbons (Fsp3) is 0.194. The molecule has 0 bridgehead atoms. The van der Waals surface area contributed by atoms with Crippen LogP contribution in [0, 0.1) is 0 Å². The van der Waals surface area contributed by atoms with Gasteiger partial charge in [0.15, 0.2) is 0 Å². The Hall–Kier alpha value is -3.85. The lowest BCUT2D eigenvalue weighted by molar-refractivity contribution is 0.0739. The smallest absolute Gasteiger partial charge is 0.254 e. The highest BCUT2D eigenvalue weighted by molar-refractivity contribution is 5.94. The standard InChI is InChI=1S/C31H31NO2/c1-2-34-29-20-18-25(19-21-29)24-32(31(33)28-16-10-5-11-17-28)23-22-30(26-12-6-3-7-13-26)27-14-8-4-9-15-27/h3-21,30H,2,22-24H2,1H3. The van der Waals surface area contributed by atoms with E-state index in [-0.39, 0.29) is 11.8 Å². The summed E-state index contributed by atoms with van der Waals surface area (Å²) in [5.41, 5.74) is 4.33. The van der Waals surface area contributed by atoms with Gasteiger partial charge in [-0.25, -0.2) is 0 Å². The predicted octanol–water partition coefficient (Wildman–Crippen LogP) is 6.95. The molecule has 0 fully saturated rings. The summed E-state index contributed by atoms with van der Waals surface area (Å²) in [4.78, 5) is 15.5. The van der Waals surface area contributed by atoms with Gasteiger partial charge in [-0.1, -0.05) is 91.0 Å². The summed E-state index contributed by atoms with van der Waals surface area (Å²) in [5, 5.41) is 0. The molecule has 0 atom stereocenters. The number of ether oxygens (including phenoxy) is 1. The van der Waals surface area contributed by atoms with Gasteiger partial charge in [0.1, 0.15) is 5.75 Å². The van der Waals surface area contributed by atoms with Gasteiger partial charge >= 0.3 is 0 Å². The molecule has 0 saturated heterocycles. The first-order valence-corrected chi connectivity index (χ1v) is 11.9. The van der Waals surface area contributed by atoms with Crippen LogP contribution in [0.25, 0.3) is 0 Å². The van der Waals surface area contributed by atoms with Gasteiger partial charge in [-0.15, -0.1) is 0 Å². The SMILES string of the molecule is CCOc1ccc(CN(CCC(c2ccccc2)c2ccccc2)C(=O)c2ccccc2)cc1. The molecule has 0 heterocycles. The van der Waals surface area contributed by atoms with Crippen molar-refractivity contribution in [2.24, 2.45) is 0 Å². The first kappa shape index (κ1) is 23.3. The topological polar surface area (TPSA) is 29.5 Å². The van der Waals surface area contributed by atoms with Crippen molar-refractivity contribution in [3.63, 3.8) is 0 Å².